The number of nitrogens with one attached hydrogen (secondary N) is 3. The van der Waals surface area contributed by atoms with Crippen molar-refractivity contribution < 1.29 is 14.0 Å². The fourth-order valence-corrected chi connectivity index (χ4v) is 3.66. The average Bonchev–Trinajstić information content (AvgIpc) is 3.33. The molecule has 3 aromatic rings. The van der Waals surface area contributed by atoms with Gasteiger partial charge in [-0.1, -0.05) is 18.2 Å². The van der Waals surface area contributed by atoms with Gasteiger partial charge in [-0.3, -0.25) is 4.79 Å². The Labute approximate surface area is 191 Å². The smallest absolute Gasteiger partial charge is 0.321 e. The molecule has 0 spiro atoms. The third-order valence-corrected chi connectivity index (χ3v) is 5.32. The summed E-state index contributed by atoms with van der Waals surface area (Å²) in [5.41, 5.74) is 8.28. The Kier molecular flexibility index (Phi) is 6.68. The molecule has 2 aromatic carbocycles. The van der Waals surface area contributed by atoms with Gasteiger partial charge in [0.15, 0.2) is 0 Å². The summed E-state index contributed by atoms with van der Waals surface area (Å²) in [6.45, 7) is 1.84. The molecule has 1 saturated heterocycles. The molecule has 1 aromatic heterocycles. The topological polar surface area (TPSA) is 112 Å². The third-order valence-electron chi connectivity index (χ3n) is 5.32. The van der Waals surface area contributed by atoms with Crippen molar-refractivity contribution in [3.8, 4) is 0 Å². The van der Waals surface area contributed by atoms with E-state index >= 15 is 0 Å². The van der Waals surface area contributed by atoms with E-state index in [1.807, 2.05) is 18.2 Å². The first-order valence-corrected chi connectivity index (χ1v) is 10.7. The average molecular weight is 449 g/mol. The summed E-state index contributed by atoms with van der Waals surface area (Å²) in [4.78, 5) is 30.2. The Morgan fingerprint density at radius 3 is 2.55 bits per heavy atom. The number of carbonyl (C=O) groups is 2. The number of aromatic nitrogens is 1. The number of benzene rings is 2. The van der Waals surface area contributed by atoms with Crippen LogP contribution in [0.3, 0.4) is 0 Å². The molecule has 0 atom stereocenters. The predicted octanol–water partition coefficient (Wildman–Crippen LogP) is 4.30. The highest BCUT2D eigenvalue weighted by molar-refractivity contribution is 5.98. The van der Waals surface area contributed by atoms with Gasteiger partial charge >= 0.3 is 6.03 Å². The molecule has 1 aliphatic rings. The lowest BCUT2D eigenvalue weighted by atomic mass is 10.2. The van der Waals surface area contributed by atoms with Crippen LogP contribution in [0.5, 0.6) is 0 Å². The first kappa shape index (κ1) is 22.1. The van der Waals surface area contributed by atoms with Crippen LogP contribution in [0.4, 0.5) is 32.1 Å². The van der Waals surface area contributed by atoms with Crippen LogP contribution in [-0.4, -0.2) is 34.9 Å². The summed E-state index contributed by atoms with van der Waals surface area (Å²) in [6.07, 6.45) is 3.44. The minimum atomic E-state index is -0.623. The normalized spacial score (nSPS) is 12.9. The van der Waals surface area contributed by atoms with Crippen LogP contribution in [0.2, 0.25) is 0 Å². The number of anilines is 4. The molecule has 4 rings (SSSR count). The van der Waals surface area contributed by atoms with Crippen molar-refractivity contribution in [2.75, 3.05) is 29.0 Å². The van der Waals surface area contributed by atoms with Crippen LogP contribution in [0.15, 0.2) is 60.8 Å². The summed E-state index contributed by atoms with van der Waals surface area (Å²) >= 11 is 0. The van der Waals surface area contributed by atoms with E-state index in [1.54, 1.807) is 29.2 Å². The fraction of sp³-hybridized carbons (Fsp3) is 0.208. The number of hydrogen-bond donors (Lipinski definition) is 4. The molecule has 3 amide bonds. The van der Waals surface area contributed by atoms with Crippen LogP contribution in [0.1, 0.15) is 28.8 Å². The minimum Gasteiger partial charge on any atom is -0.380 e. The van der Waals surface area contributed by atoms with Gasteiger partial charge in [-0.05, 0) is 48.7 Å². The van der Waals surface area contributed by atoms with Gasteiger partial charge in [-0.2, -0.15) is 0 Å². The Morgan fingerprint density at radius 2 is 1.79 bits per heavy atom. The lowest BCUT2D eigenvalue weighted by Gasteiger charge is -2.17. The van der Waals surface area contributed by atoms with Gasteiger partial charge in [-0.25, -0.2) is 14.2 Å². The lowest BCUT2D eigenvalue weighted by molar-refractivity contribution is 0.100. The molecule has 0 saturated carbocycles. The maximum atomic E-state index is 13.5. The quantitative estimate of drug-likeness (QED) is 0.430. The van der Waals surface area contributed by atoms with Crippen molar-refractivity contribution in [2.45, 2.75) is 19.4 Å². The van der Waals surface area contributed by atoms with Crippen molar-refractivity contribution in [1.82, 2.24) is 9.88 Å². The van der Waals surface area contributed by atoms with E-state index in [1.165, 1.54) is 18.3 Å². The highest BCUT2D eigenvalue weighted by Crippen LogP contribution is 2.24. The van der Waals surface area contributed by atoms with Crippen LogP contribution >= 0.6 is 0 Å². The van der Waals surface area contributed by atoms with Crippen LogP contribution < -0.4 is 21.7 Å². The lowest BCUT2D eigenvalue weighted by Crippen LogP contribution is -2.32. The van der Waals surface area contributed by atoms with E-state index in [0.29, 0.717) is 29.4 Å². The van der Waals surface area contributed by atoms with Gasteiger partial charge in [0.25, 0.3) is 5.91 Å². The standard InChI is InChI=1S/C24H25FN6O2/c25-17-6-3-5-16(11-17)14-27-21-13-22(28-15-20(21)23(26)32)29-18-7-4-8-19(12-18)30-24(33)31-9-1-2-10-31/h3-8,11-13,15H,1-2,9-10,14H2,(H2,26,32)(H,30,33)(H2,27,28,29). The number of primary amides is 1. The Balaban J connectivity index is 1.48. The summed E-state index contributed by atoms with van der Waals surface area (Å²) in [5.74, 6) is -0.481. The van der Waals surface area contributed by atoms with Gasteiger partial charge in [-0.15, -0.1) is 0 Å². The third kappa shape index (κ3) is 5.76. The molecule has 0 aliphatic carbocycles. The fourth-order valence-electron chi connectivity index (χ4n) is 3.66. The second-order valence-electron chi connectivity index (χ2n) is 7.79. The first-order valence-electron chi connectivity index (χ1n) is 10.7. The van der Waals surface area contributed by atoms with E-state index < -0.39 is 5.91 Å². The maximum Gasteiger partial charge on any atom is 0.321 e. The minimum absolute atomic E-state index is 0.113. The summed E-state index contributed by atoms with van der Waals surface area (Å²) in [7, 11) is 0. The molecule has 170 valence electrons. The number of rotatable bonds is 7. The Bertz CT molecular complexity index is 1160. The second-order valence-corrected chi connectivity index (χ2v) is 7.79. The van der Waals surface area contributed by atoms with E-state index in [-0.39, 0.29) is 17.4 Å². The maximum absolute atomic E-state index is 13.5. The highest BCUT2D eigenvalue weighted by atomic mass is 19.1. The molecule has 1 fully saturated rings. The molecule has 8 nitrogen and oxygen atoms in total. The zero-order valence-corrected chi connectivity index (χ0v) is 18.0. The van der Waals surface area contributed by atoms with Gasteiger partial charge in [0.05, 0.1) is 11.3 Å². The van der Waals surface area contributed by atoms with Crippen molar-refractivity contribution in [3.63, 3.8) is 0 Å². The molecule has 2 heterocycles. The number of urea groups is 1. The molecule has 33 heavy (non-hydrogen) atoms. The van der Waals surface area contributed by atoms with E-state index in [9.17, 15) is 14.0 Å². The van der Waals surface area contributed by atoms with Crippen LogP contribution in [-0.2, 0) is 6.54 Å². The number of likely N-dealkylation sites (tertiary alicyclic amines) is 1. The van der Waals surface area contributed by atoms with Crippen LogP contribution in [0.25, 0.3) is 0 Å². The van der Waals surface area contributed by atoms with Gasteiger partial charge in [0.1, 0.15) is 11.6 Å². The number of carbonyl (C=O) groups excluding carboxylic acids is 2. The van der Waals surface area contributed by atoms with Gasteiger partial charge in [0.2, 0.25) is 0 Å². The highest BCUT2D eigenvalue weighted by Gasteiger charge is 2.18. The molecular formula is C24H25FN6O2. The Hall–Kier alpha value is -4.14. The number of hydrogen-bond acceptors (Lipinski definition) is 5. The molecule has 5 N–H and O–H groups in total. The van der Waals surface area contributed by atoms with Crippen molar-refractivity contribution in [1.29, 1.82) is 0 Å². The SMILES string of the molecule is NC(=O)c1cnc(Nc2cccc(NC(=O)N3CCCC3)c2)cc1NCc1cccc(F)c1. The Morgan fingerprint density at radius 1 is 1.03 bits per heavy atom. The van der Waals surface area contributed by atoms with E-state index in [0.717, 1.165) is 31.5 Å². The number of halogens is 1. The predicted molar refractivity (Wildman–Crippen MR) is 126 cm³/mol. The molecule has 0 radical (unpaired) electrons. The van der Waals surface area contributed by atoms with Gasteiger partial charge < -0.3 is 26.6 Å². The number of pyridine rings is 1. The zero-order valence-electron chi connectivity index (χ0n) is 18.0. The summed E-state index contributed by atoms with van der Waals surface area (Å²) in [6, 6.07) is 15.0. The second kappa shape index (κ2) is 9.99. The summed E-state index contributed by atoms with van der Waals surface area (Å²) < 4.78 is 13.5. The molecule has 0 bridgehead atoms. The molecule has 1 aliphatic heterocycles. The number of nitrogens with two attached hydrogens (primary N) is 1. The van der Waals surface area contributed by atoms with Gasteiger partial charge in [0, 0.05) is 43.3 Å². The first-order chi connectivity index (χ1) is 16.0. The van der Waals surface area contributed by atoms with E-state index in [4.69, 9.17) is 5.73 Å². The van der Waals surface area contributed by atoms with Crippen molar-refractivity contribution in [3.05, 3.63) is 77.7 Å². The van der Waals surface area contributed by atoms with E-state index in [2.05, 4.69) is 20.9 Å². The molecule has 0 unspecified atom stereocenters. The summed E-state index contributed by atoms with van der Waals surface area (Å²) in [5, 5.41) is 9.21. The number of amides is 3. The van der Waals surface area contributed by atoms with Crippen molar-refractivity contribution in [2.24, 2.45) is 5.73 Å². The monoisotopic (exact) mass is 448 g/mol. The molecular weight excluding hydrogens is 423 g/mol. The largest absolute Gasteiger partial charge is 0.380 e. The van der Waals surface area contributed by atoms with Crippen molar-refractivity contribution >= 4 is 34.8 Å². The number of nitrogens with zero attached hydrogens (tertiary/aromatic N) is 2. The van der Waals surface area contributed by atoms with Crippen LogP contribution in [0, 0.1) is 5.82 Å². The molecule has 9 heteroatoms. The zero-order chi connectivity index (χ0) is 23.2.